The van der Waals surface area contributed by atoms with Crippen LogP contribution >= 0.6 is 0 Å². The highest BCUT2D eigenvalue weighted by atomic mass is 16.3. The molecule has 2 rings (SSSR count). The fourth-order valence-corrected chi connectivity index (χ4v) is 2.37. The van der Waals surface area contributed by atoms with Crippen LogP contribution in [0.25, 0.3) is 11.1 Å². The number of rotatable bonds is 3. The first-order chi connectivity index (χ1) is 8.69. The second-order valence-electron chi connectivity index (χ2n) is 4.32. The Balaban J connectivity index is 2.73. The first-order valence-corrected chi connectivity index (χ1v) is 6.31. The quantitative estimate of drug-likeness (QED) is 0.857. The average Bonchev–Trinajstić information content (AvgIpc) is 2.38. The van der Waals surface area contributed by atoms with Crippen LogP contribution in [0.3, 0.4) is 0 Å². The van der Waals surface area contributed by atoms with Crippen LogP contribution in [0, 0.1) is 0 Å². The first-order valence-electron chi connectivity index (χ1n) is 6.31. The molecule has 0 aliphatic heterocycles. The molecular formula is C16H18O2. The molecule has 2 heteroatoms. The highest BCUT2D eigenvalue weighted by Gasteiger charge is 2.14. The summed E-state index contributed by atoms with van der Waals surface area (Å²) in [6.45, 7) is 4.07. The van der Waals surface area contributed by atoms with Crippen LogP contribution in [0.5, 0.6) is 11.5 Å². The summed E-state index contributed by atoms with van der Waals surface area (Å²) < 4.78 is 0. The van der Waals surface area contributed by atoms with Crippen LogP contribution in [-0.2, 0) is 12.8 Å². The molecule has 0 atom stereocenters. The maximum absolute atomic E-state index is 10.1. The molecule has 0 spiro atoms. The van der Waals surface area contributed by atoms with Crippen molar-refractivity contribution in [1.29, 1.82) is 0 Å². The van der Waals surface area contributed by atoms with Gasteiger partial charge < -0.3 is 10.2 Å². The third kappa shape index (κ3) is 2.06. The van der Waals surface area contributed by atoms with Gasteiger partial charge in [-0.05, 0) is 36.1 Å². The van der Waals surface area contributed by atoms with Gasteiger partial charge in [-0.3, -0.25) is 0 Å². The SMILES string of the molecule is CCc1cccc(O)c1-c1cccc(O)c1CC. The summed E-state index contributed by atoms with van der Waals surface area (Å²) in [5.74, 6) is 0.565. The van der Waals surface area contributed by atoms with Gasteiger partial charge in [0.25, 0.3) is 0 Å². The normalized spacial score (nSPS) is 10.6. The average molecular weight is 242 g/mol. The van der Waals surface area contributed by atoms with E-state index in [1.807, 2.05) is 31.2 Å². The molecule has 0 radical (unpaired) electrons. The lowest BCUT2D eigenvalue weighted by atomic mass is 9.92. The van der Waals surface area contributed by atoms with Crippen LogP contribution in [-0.4, -0.2) is 10.2 Å². The van der Waals surface area contributed by atoms with E-state index in [1.165, 1.54) is 0 Å². The number of phenolic OH excluding ortho intramolecular Hbond substituents is 2. The zero-order valence-corrected chi connectivity index (χ0v) is 10.8. The van der Waals surface area contributed by atoms with Gasteiger partial charge in [-0.1, -0.05) is 38.1 Å². The third-order valence-corrected chi connectivity index (χ3v) is 3.28. The standard InChI is InChI=1S/C16H18O2/c1-3-11-7-5-10-15(18)16(11)13-8-6-9-14(17)12(13)4-2/h5-10,17-18H,3-4H2,1-2H3. The molecular weight excluding hydrogens is 224 g/mol. The molecule has 0 aliphatic carbocycles. The number of aryl methyl sites for hydroxylation is 1. The summed E-state index contributed by atoms with van der Waals surface area (Å²) in [5.41, 5.74) is 3.74. The Morgan fingerprint density at radius 2 is 1.50 bits per heavy atom. The van der Waals surface area contributed by atoms with E-state index in [0.29, 0.717) is 5.75 Å². The second kappa shape index (κ2) is 5.13. The van der Waals surface area contributed by atoms with Crippen molar-refractivity contribution in [3.63, 3.8) is 0 Å². The lowest BCUT2D eigenvalue weighted by Gasteiger charge is -2.14. The summed E-state index contributed by atoms with van der Waals surface area (Å²) in [6, 6.07) is 11.0. The molecule has 0 bridgehead atoms. The monoisotopic (exact) mass is 242 g/mol. The largest absolute Gasteiger partial charge is 0.508 e. The van der Waals surface area contributed by atoms with Gasteiger partial charge in [0, 0.05) is 11.1 Å². The van der Waals surface area contributed by atoms with Crippen molar-refractivity contribution < 1.29 is 10.2 Å². The maximum Gasteiger partial charge on any atom is 0.123 e. The molecule has 0 aliphatic rings. The van der Waals surface area contributed by atoms with Gasteiger partial charge in [-0.15, -0.1) is 0 Å². The highest BCUT2D eigenvalue weighted by Crippen LogP contribution is 2.38. The smallest absolute Gasteiger partial charge is 0.123 e. The van der Waals surface area contributed by atoms with Crippen molar-refractivity contribution in [2.24, 2.45) is 0 Å². The van der Waals surface area contributed by atoms with Crippen LogP contribution in [0.1, 0.15) is 25.0 Å². The van der Waals surface area contributed by atoms with Crippen molar-refractivity contribution in [3.05, 3.63) is 47.5 Å². The minimum atomic E-state index is 0.273. The van der Waals surface area contributed by atoms with Crippen molar-refractivity contribution in [2.75, 3.05) is 0 Å². The van der Waals surface area contributed by atoms with Crippen molar-refractivity contribution >= 4 is 0 Å². The Morgan fingerprint density at radius 3 is 2.17 bits per heavy atom. The van der Waals surface area contributed by atoms with Crippen molar-refractivity contribution in [3.8, 4) is 22.6 Å². The predicted octanol–water partition coefficient (Wildman–Crippen LogP) is 3.89. The van der Waals surface area contributed by atoms with Gasteiger partial charge in [0.1, 0.15) is 11.5 Å². The lowest BCUT2D eigenvalue weighted by Crippen LogP contribution is -1.93. The molecule has 94 valence electrons. The summed E-state index contributed by atoms with van der Waals surface area (Å²) in [5, 5.41) is 20.0. The second-order valence-corrected chi connectivity index (χ2v) is 4.32. The number of phenols is 2. The van der Waals surface area contributed by atoms with Crippen LogP contribution in [0.2, 0.25) is 0 Å². The van der Waals surface area contributed by atoms with E-state index < -0.39 is 0 Å². The Kier molecular flexibility index (Phi) is 3.56. The van der Waals surface area contributed by atoms with E-state index in [-0.39, 0.29) is 5.75 Å². The fraction of sp³-hybridized carbons (Fsp3) is 0.250. The van der Waals surface area contributed by atoms with E-state index in [0.717, 1.165) is 35.1 Å². The van der Waals surface area contributed by atoms with Crippen molar-refractivity contribution in [1.82, 2.24) is 0 Å². The Labute approximate surface area is 108 Å². The molecule has 0 saturated carbocycles. The van der Waals surface area contributed by atoms with E-state index in [9.17, 15) is 10.2 Å². The Hall–Kier alpha value is -1.96. The Morgan fingerprint density at radius 1 is 0.833 bits per heavy atom. The van der Waals surface area contributed by atoms with Gasteiger partial charge in [-0.25, -0.2) is 0 Å². The zero-order chi connectivity index (χ0) is 13.1. The van der Waals surface area contributed by atoms with Crippen LogP contribution in [0.15, 0.2) is 36.4 Å². The first kappa shape index (κ1) is 12.5. The van der Waals surface area contributed by atoms with E-state index in [1.54, 1.807) is 12.1 Å². The molecule has 0 fully saturated rings. The summed E-state index contributed by atoms with van der Waals surface area (Å²) in [4.78, 5) is 0. The molecule has 2 nitrogen and oxygen atoms in total. The predicted molar refractivity (Wildman–Crippen MR) is 74.0 cm³/mol. The van der Waals surface area contributed by atoms with Crippen LogP contribution < -0.4 is 0 Å². The molecule has 18 heavy (non-hydrogen) atoms. The van der Waals surface area contributed by atoms with Gasteiger partial charge >= 0.3 is 0 Å². The van der Waals surface area contributed by atoms with Gasteiger partial charge in [0.05, 0.1) is 0 Å². The molecule has 0 amide bonds. The lowest BCUT2D eigenvalue weighted by molar-refractivity contribution is 0.468. The highest BCUT2D eigenvalue weighted by molar-refractivity contribution is 5.78. The van der Waals surface area contributed by atoms with E-state index in [4.69, 9.17) is 0 Å². The van der Waals surface area contributed by atoms with E-state index in [2.05, 4.69) is 6.92 Å². The number of aromatic hydroxyl groups is 2. The van der Waals surface area contributed by atoms with Crippen molar-refractivity contribution in [2.45, 2.75) is 26.7 Å². The minimum absolute atomic E-state index is 0.273. The summed E-state index contributed by atoms with van der Waals surface area (Å²) in [6.07, 6.45) is 1.59. The Bertz CT molecular complexity index is 559. The molecule has 2 aromatic rings. The summed E-state index contributed by atoms with van der Waals surface area (Å²) in [7, 11) is 0. The van der Waals surface area contributed by atoms with Gasteiger partial charge in [0.15, 0.2) is 0 Å². The number of benzene rings is 2. The molecule has 0 aromatic heterocycles. The minimum Gasteiger partial charge on any atom is -0.508 e. The number of hydrogen-bond acceptors (Lipinski definition) is 2. The van der Waals surface area contributed by atoms with E-state index >= 15 is 0 Å². The molecule has 0 heterocycles. The molecule has 0 unspecified atom stereocenters. The maximum atomic E-state index is 10.1. The molecule has 2 aromatic carbocycles. The van der Waals surface area contributed by atoms with Crippen LogP contribution in [0.4, 0.5) is 0 Å². The number of hydrogen-bond donors (Lipinski definition) is 2. The fourth-order valence-electron chi connectivity index (χ4n) is 2.37. The van der Waals surface area contributed by atoms with Gasteiger partial charge in [-0.2, -0.15) is 0 Å². The molecule has 0 saturated heterocycles. The zero-order valence-electron chi connectivity index (χ0n) is 10.8. The van der Waals surface area contributed by atoms with Gasteiger partial charge in [0.2, 0.25) is 0 Å². The molecule has 2 N–H and O–H groups in total. The third-order valence-electron chi connectivity index (χ3n) is 3.28. The summed E-state index contributed by atoms with van der Waals surface area (Å²) >= 11 is 0. The topological polar surface area (TPSA) is 40.5 Å².